The van der Waals surface area contributed by atoms with Gasteiger partial charge in [-0.25, -0.2) is 0 Å². The van der Waals surface area contributed by atoms with Crippen LogP contribution in [0.1, 0.15) is 5.56 Å². The maximum Gasteiger partial charge on any atom is 0.227 e. The third-order valence-corrected chi connectivity index (χ3v) is 3.23. The summed E-state index contributed by atoms with van der Waals surface area (Å²) in [7, 11) is 0. The average molecular weight is 236 g/mol. The molecule has 5 heteroatoms. The predicted molar refractivity (Wildman–Crippen MR) is 60.0 cm³/mol. The second-order valence-electron chi connectivity index (χ2n) is 3.64. The lowest BCUT2D eigenvalue weighted by atomic mass is 10.2. The van der Waals surface area contributed by atoms with Crippen LogP contribution in [0, 0.1) is 11.3 Å². The molecule has 0 saturated carbocycles. The highest BCUT2D eigenvalue weighted by Crippen LogP contribution is 2.10. The molecule has 0 radical (unpaired) electrons. The third kappa shape index (κ3) is 2.60. The number of ether oxygens (including phenoxy) is 1. The van der Waals surface area contributed by atoms with Gasteiger partial charge in [0, 0.05) is 6.54 Å². The summed E-state index contributed by atoms with van der Waals surface area (Å²) in [6.07, 6.45) is -0.0538. The lowest BCUT2D eigenvalue weighted by molar-refractivity contribution is -0.136. The third-order valence-electron chi connectivity index (χ3n) is 2.50. The second kappa shape index (κ2) is 5.10. The van der Waals surface area contributed by atoms with E-state index in [1.807, 2.05) is 22.9 Å². The number of hydrogen-bond acceptors (Lipinski definition) is 4. The van der Waals surface area contributed by atoms with Crippen LogP contribution in [0.25, 0.3) is 0 Å². The summed E-state index contributed by atoms with van der Waals surface area (Å²) < 4.78 is 5.19. The van der Waals surface area contributed by atoms with Crippen LogP contribution < -0.4 is 0 Å². The van der Waals surface area contributed by atoms with Gasteiger partial charge in [0.15, 0.2) is 6.10 Å². The van der Waals surface area contributed by atoms with Crippen LogP contribution in [0.4, 0.5) is 0 Å². The Hall–Kier alpha value is -1.38. The summed E-state index contributed by atoms with van der Waals surface area (Å²) >= 11 is 1.59. The Labute approximate surface area is 98.0 Å². The number of nitrogens with zero attached hydrogens (tertiary/aromatic N) is 2. The number of rotatable bonds is 2. The first-order valence-electron chi connectivity index (χ1n) is 5.09. The van der Waals surface area contributed by atoms with E-state index < -0.39 is 6.10 Å². The molecule has 1 atom stereocenters. The highest BCUT2D eigenvalue weighted by molar-refractivity contribution is 7.07. The van der Waals surface area contributed by atoms with Crippen molar-refractivity contribution in [3.63, 3.8) is 0 Å². The molecule has 1 unspecified atom stereocenters. The van der Waals surface area contributed by atoms with Crippen LogP contribution in [0.5, 0.6) is 0 Å². The SMILES string of the molecule is N#CC1CN(C(=O)Cc2ccsc2)CCO1. The normalized spacial score (nSPS) is 20.4. The Balaban J connectivity index is 1.92. The van der Waals surface area contributed by atoms with E-state index in [0.717, 1.165) is 5.56 Å². The van der Waals surface area contributed by atoms with Gasteiger partial charge in [-0.2, -0.15) is 16.6 Å². The van der Waals surface area contributed by atoms with Crippen molar-refractivity contribution >= 4 is 17.2 Å². The van der Waals surface area contributed by atoms with Crippen LogP contribution in [0.2, 0.25) is 0 Å². The van der Waals surface area contributed by atoms with E-state index in [9.17, 15) is 4.79 Å². The zero-order chi connectivity index (χ0) is 11.4. The van der Waals surface area contributed by atoms with Gasteiger partial charge in [-0.3, -0.25) is 4.79 Å². The quantitative estimate of drug-likeness (QED) is 0.771. The summed E-state index contributed by atoms with van der Waals surface area (Å²) in [4.78, 5) is 13.6. The van der Waals surface area contributed by atoms with Crippen molar-refractivity contribution in [3.8, 4) is 6.07 Å². The van der Waals surface area contributed by atoms with E-state index in [1.54, 1.807) is 16.2 Å². The topological polar surface area (TPSA) is 53.3 Å². The molecular weight excluding hydrogens is 224 g/mol. The van der Waals surface area contributed by atoms with Crippen molar-refractivity contribution in [2.45, 2.75) is 12.5 Å². The Morgan fingerprint density at radius 3 is 3.31 bits per heavy atom. The molecule has 84 valence electrons. The minimum Gasteiger partial charge on any atom is -0.360 e. The molecule has 0 spiro atoms. The summed E-state index contributed by atoms with van der Waals surface area (Å²) in [5.74, 6) is 0.0713. The minimum absolute atomic E-state index is 0.0713. The van der Waals surface area contributed by atoms with Gasteiger partial charge in [-0.1, -0.05) is 0 Å². The fourth-order valence-electron chi connectivity index (χ4n) is 1.63. The van der Waals surface area contributed by atoms with Crippen molar-refractivity contribution in [1.82, 2.24) is 4.90 Å². The summed E-state index contributed by atoms with van der Waals surface area (Å²) in [5, 5.41) is 12.7. The lowest BCUT2D eigenvalue weighted by Crippen LogP contribution is -2.45. The number of carbonyl (C=O) groups excluding carboxylic acids is 1. The minimum atomic E-state index is -0.472. The number of amides is 1. The number of morpholine rings is 1. The molecule has 0 N–H and O–H groups in total. The van der Waals surface area contributed by atoms with Gasteiger partial charge in [-0.15, -0.1) is 0 Å². The van der Waals surface area contributed by atoms with Gasteiger partial charge in [0.1, 0.15) is 0 Å². The molecular formula is C11H12N2O2S. The lowest BCUT2D eigenvalue weighted by Gasteiger charge is -2.29. The summed E-state index contributed by atoms with van der Waals surface area (Å²) in [6.45, 7) is 1.42. The maximum absolute atomic E-state index is 11.9. The van der Waals surface area contributed by atoms with Crippen LogP contribution in [0.15, 0.2) is 16.8 Å². The van der Waals surface area contributed by atoms with Gasteiger partial charge in [-0.05, 0) is 22.4 Å². The maximum atomic E-state index is 11.9. The summed E-state index contributed by atoms with van der Waals surface area (Å²) in [5.41, 5.74) is 1.04. The van der Waals surface area contributed by atoms with E-state index in [4.69, 9.17) is 10.00 Å². The first-order valence-corrected chi connectivity index (χ1v) is 6.04. The Morgan fingerprint density at radius 2 is 2.62 bits per heavy atom. The van der Waals surface area contributed by atoms with E-state index in [0.29, 0.717) is 26.1 Å². The van der Waals surface area contributed by atoms with Crippen LogP contribution in [-0.4, -0.2) is 36.6 Å². The Kier molecular flexibility index (Phi) is 3.54. The first kappa shape index (κ1) is 11.1. The van der Waals surface area contributed by atoms with Gasteiger partial charge in [0.25, 0.3) is 0 Å². The molecule has 1 fully saturated rings. The molecule has 0 aliphatic carbocycles. The molecule has 1 aromatic heterocycles. The molecule has 4 nitrogen and oxygen atoms in total. The van der Waals surface area contributed by atoms with Crippen molar-refractivity contribution < 1.29 is 9.53 Å². The van der Waals surface area contributed by atoms with Crippen molar-refractivity contribution in [2.24, 2.45) is 0 Å². The average Bonchev–Trinajstić information content (AvgIpc) is 2.82. The molecule has 1 saturated heterocycles. The van der Waals surface area contributed by atoms with E-state index in [-0.39, 0.29) is 5.91 Å². The predicted octanol–water partition coefficient (Wildman–Crippen LogP) is 1.04. The number of thiophene rings is 1. The number of hydrogen-bond donors (Lipinski definition) is 0. The molecule has 1 aromatic rings. The molecule has 1 amide bonds. The van der Waals surface area contributed by atoms with Crippen LogP contribution in [-0.2, 0) is 16.0 Å². The van der Waals surface area contributed by atoms with Gasteiger partial charge >= 0.3 is 0 Å². The second-order valence-corrected chi connectivity index (χ2v) is 4.42. The zero-order valence-electron chi connectivity index (χ0n) is 8.76. The highest BCUT2D eigenvalue weighted by Gasteiger charge is 2.23. The largest absolute Gasteiger partial charge is 0.360 e. The fraction of sp³-hybridized carbons (Fsp3) is 0.455. The van der Waals surface area contributed by atoms with Crippen molar-refractivity contribution in [2.75, 3.05) is 19.7 Å². The van der Waals surface area contributed by atoms with E-state index in [2.05, 4.69) is 0 Å². The van der Waals surface area contributed by atoms with Crippen molar-refractivity contribution in [1.29, 1.82) is 5.26 Å². The molecule has 1 aliphatic heterocycles. The van der Waals surface area contributed by atoms with Gasteiger partial charge < -0.3 is 9.64 Å². The Bertz CT molecular complexity index is 397. The fourth-order valence-corrected chi connectivity index (χ4v) is 2.30. The Morgan fingerprint density at radius 1 is 1.75 bits per heavy atom. The van der Waals surface area contributed by atoms with Crippen LogP contribution >= 0.6 is 11.3 Å². The molecule has 16 heavy (non-hydrogen) atoms. The standard InChI is InChI=1S/C11H12N2O2S/c12-6-10-7-13(2-3-15-10)11(14)5-9-1-4-16-8-9/h1,4,8,10H,2-3,5,7H2. The molecule has 0 aromatic carbocycles. The van der Waals surface area contributed by atoms with Gasteiger partial charge in [0.05, 0.1) is 25.6 Å². The number of nitriles is 1. The highest BCUT2D eigenvalue weighted by atomic mass is 32.1. The monoisotopic (exact) mass is 236 g/mol. The van der Waals surface area contributed by atoms with E-state index >= 15 is 0 Å². The van der Waals surface area contributed by atoms with Gasteiger partial charge in [0.2, 0.25) is 5.91 Å². The summed E-state index contributed by atoms with van der Waals surface area (Å²) in [6, 6.07) is 3.98. The smallest absolute Gasteiger partial charge is 0.227 e. The number of carbonyl (C=O) groups is 1. The molecule has 1 aliphatic rings. The molecule has 2 heterocycles. The first-order chi connectivity index (χ1) is 7.79. The van der Waals surface area contributed by atoms with E-state index in [1.165, 1.54) is 0 Å². The molecule has 2 rings (SSSR count). The van der Waals surface area contributed by atoms with Crippen LogP contribution in [0.3, 0.4) is 0 Å². The van der Waals surface area contributed by atoms with Crippen molar-refractivity contribution in [3.05, 3.63) is 22.4 Å². The molecule has 0 bridgehead atoms. The zero-order valence-corrected chi connectivity index (χ0v) is 9.57.